The summed E-state index contributed by atoms with van der Waals surface area (Å²) in [6.07, 6.45) is -0.959. The van der Waals surface area contributed by atoms with Gasteiger partial charge in [-0.25, -0.2) is 4.90 Å². The second kappa shape index (κ2) is 7.96. The lowest BCUT2D eigenvalue weighted by molar-refractivity contribution is -0.127. The van der Waals surface area contributed by atoms with Crippen molar-refractivity contribution in [3.63, 3.8) is 0 Å². The lowest BCUT2D eigenvalue weighted by Crippen LogP contribution is -2.51. The highest BCUT2D eigenvalue weighted by Gasteiger charge is 2.74. The molecule has 2 fully saturated rings. The fraction of sp³-hybridized carbons (Fsp3) is 0.241. The topological polar surface area (TPSA) is 90.0 Å². The summed E-state index contributed by atoms with van der Waals surface area (Å²) in [4.78, 5) is 56.4. The number of hydrogen-bond donors (Lipinski definition) is 0. The second-order valence-electron chi connectivity index (χ2n) is 9.33. The number of rotatable bonds is 4. The summed E-state index contributed by atoms with van der Waals surface area (Å²) >= 11 is 0. The predicted molar refractivity (Wildman–Crippen MR) is 130 cm³/mol. The minimum absolute atomic E-state index is 0.211. The van der Waals surface area contributed by atoms with E-state index in [2.05, 4.69) is 0 Å². The maximum atomic E-state index is 13.9. The van der Waals surface area contributed by atoms with Crippen LogP contribution in [-0.2, 0) is 14.3 Å². The van der Waals surface area contributed by atoms with Crippen molar-refractivity contribution >= 4 is 29.1 Å². The third kappa shape index (κ3) is 2.89. The van der Waals surface area contributed by atoms with Crippen molar-refractivity contribution < 1.29 is 28.7 Å². The summed E-state index contributed by atoms with van der Waals surface area (Å²) in [5.74, 6) is -3.88. The molecule has 0 N–H and O–H groups in total. The summed E-state index contributed by atoms with van der Waals surface area (Å²) in [6.45, 7) is 4.27. The fourth-order valence-corrected chi connectivity index (χ4v) is 5.69. The molecular formula is C29H23NO6. The van der Waals surface area contributed by atoms with E-state index in [9.17, 15) is 19.2 Å². The monoisotopic (exact) mass is 481 g/mol. The Morgan fingerprint density at radius 3 is 2.03 bits per heavy atom. The van der Waals surface area contributed by atoms with Gasteiger partial charge in [-0.3, -0.25) is 19.2 Å². The molecule has 0 saturated carbocycles. The van der Waals surface area contributed by atoms with Gasteiger partial charge in [0.2, 0.25) is 29.0 Å². The molecule has 1 aliphatic carbocycles. The molecule has 2 saturated heterocycles. The standard InChI is InChI=1S/C29H23NO6/c1-3-35-19-14-10-17(11-15-19)24-22-23(28(34)30(27(22)33)18-12-8-16(2)9-13-18)29(36-24)25(31)20-6-4-5-7-21(20)26(29)32/h4-15,22-24H,3H2,1-2H3/t22-,23+,24-/m1/s1. The molecule has 2 heterocycles. The zero-order valence-corrected chi connectivity index (χ0v) is 19.8. The van der Waals surface area contributed by atoms with Gasteiger partial charge in [-0.1, -0.05) is 54.1 Å². The molecular weight excluding hydrogens is 458 g/mol. The van der Waals surface area contributed by atoms with Gasteiger partial charge in [-0.05, 0) is 43.7 Å². The molecule has 6 rings (SSSR count). The van der Waals surface area contributed by atoms with Crippen LogP contribution in [0.1, 0.15) is 44.9 Å². The van der Waals surface area contributed by atoms with Crippen LogP contribution in [0.5, 0.6) is 5.75 Å². The highest BCUT2D eigenvalue weighted by atomic mass is 16.5. The molecule has 7 heteroatoms. The smallest absolute Gasteiger partial charge is 0.241 e. The summed E-state index contributed by atoms with van der Waals surface area (Å²) < 4.78 is 11.8. The highest BCUT2D eigenvalue weighted by Crippen LogP contribution is 2.57. The van der Waals surface area contributed by atoms with Crippen LogP contribution in [0.3, 0.4) is 0 Å². The molecule has 3 aromatic carbocycles. The van der Waals surface area contributed by atoms with Crippen LogP contribution in [0.4, 0.5) is 5.69 Å². The van der Waals surface area contributed by atoms with Crippen molar-refractivity contribution in [1.82, 2.24) is 0 Å². The van der Waals surface area contributed by atoms with Crippen molar-refractivity contribution in [3.8, 4) is 5.75 Å². The summed E-state index contributed by atoms with van der Waals surface area (Å²) in [6, 6.07) is 20.4. The third-order valence-corrected chi connectivity index (χ3v) is 7.33. The predicted octanol–water partition coefficient (Wildman–Crippen LogP) is 4.09. The van der Waals surface area contributed by atoms with Gasteiger partial charge >= 0.3 is 0 Å². The van der Waals surface area contributed by atoms with Crippen LogP contribution in [0.15, 0.2) is 72.8 Å². The number of ether oxygens (including phenoxy) is 2. The van der Waals surface area contributed by atoms with E-state index >= 15 is 0 Å². The Balaban J connectivity index is 1.50. The molecule has 3 aromatic rings. The van der Waals surface area contributed by atoms with Crippen LogP contribution >= 0.6 is 0 Å². The third-order valence-electron chi connectivity index (χ3n) is 7.33. The molecule has 3 aliphatic rings. The van der Waals surface area contributed by atoms with E-state index in [1.165, 1.54) is 0 Å². The number of Topliss-reactive ketones (excluding diaryl/α,β-unsaturated/α-hetero) is 2. The van der Waals surface area contributed by atoms with E-state index in [0.717, 1.165) is 10.5 Å². The maximum absolute atomic E-state index is 13.9. The van der Waals surface area contributed by atoms with Gasteiger partial charge in [-0.15, -0.1) is 0 Å². The van der Waals surface area contributed by atoms with Crippen molar-refractivity contribution in [1.29, 1.82) is 0 Å². The second-order valence-corrected chi connectivity index (χ2v) is 9.33. The first-order valence-electron chi connectivity index (χ1n) is 11.9. The summed E-state index contributed by atoms with van der Waals surface area (Å²) in [5, 5.41) is 0. The number of anilines is 1. The first-order chi connectivity index (χ1) is 17.4. The minimum Gasteiger partial charge on any atom is -0.494 e. The van der Waals surface area contributed by atoms with Gasteiger partial charge in [0.25, 0.3) is 0 Å². The van der Waals surface area contributed by atoms with E-state index in [4.69, 9.17) is 9.47 Å². The number of aryl methyl sites for hydroxylation is 1. The first kappa shape index (κ1) is 22.4. The van der Waals surface area contributed by atoms with Crippen molar-refractivity contribution in [2.75, 3.05) is 11.5 Å². The van der Waals surface area contributed by atoms with Gasteiger partial charge in [0.05, 0.1) is 30.2 Å². The number of carbonyl (C=O) groups is 4. The highest BCUT2D eigenvalue weighted by molar-refractivity contribution is 6.37. The number of ketones is 2. The molecule has 3 atom stereocenters. The van der Waals surface area contributed by atoms with E-state index in [0.29, 0.717) is 23.6 Å². The normalized spacial score (nSPS) is 23.9. The van der Waals surface area contributed by atoms with Gasteiger partial charge in [0.1, 0.15) is 5.75 Å². The number of hydrogen-bond acceptors (Lipinski definition) is 6. The number of nitrogens with zero attached hydrogens (tertiary/aromatic N) is 1. The van der Waals surface area contributed by atoms with Crippen LogP contribution in [-0.4, -0.2) is 35.6 Å². The maximum Gasteiger partial charge on any atom is 0.241 e. The molecule has 2 aliphatic heterocycles. The van der Waals surface area contributed by atoms with Crippen LogP contribution in [0.2, 0.25) is 0 Å². The molecule has 0 radical (unpaired) electrons. The number of benzene rings is 3. The van der Waals surface area contributed by atoms with Crippen molar-refractivity contribution in [2.24, 2.45) is 11.8 Å². The molecule has 180 valence electrons. The Bertz CT molecular complexity index is 1390. The van der Waals surface area contributed by atoms with Gasteiger partial charge in [-0.2, -0.15) is 0 Å². The molecule has 1 spiro atoms. The quantitative estimate of drug-likeness (QED) is 0.412. The van der Waals surface area contributed by atoms with Crippen molar-refractivity contribution in [3.05, 3.63) is 95.1 Å². The number of carbonyl (C=O) groups excluding carboxylic acids is 4. The van der Waals surface area contributed by atoms with E-state index in [-0.39, 0.29) is 11.1 Å². The Hall–Kier alpha value is -4.10. The van der Waals surface area contributed by atoms with Crippen LogP contribution < -0.4 is 9.64 Å². The number of imide groups is 1. The van der Waals surface area contributed by atoms with E-state index in [1.54, 1.807) is 60.7 Å². The molecule has 0 bridgehead atoms. The summed E-state index contributed by atoms with van der Waals surface area (Å²) in [7, 11) is 0. The Morgan fingerprint density at radius 2 is 1.44 bits per heavy atom. The Morgan fingerprint density at radius 1 is 0.833 bits per heavy atom. The fourth-order valence-electron chi connectivity index (χ4n) is 5.69. The minimum atomic E-state index is -2.08. The lowest BCUT2D eigenvalue weighted by Gasteiger charge is -2.27. The first-order valence-corrected chi connectivity index (χ1v) is 11.9. The zero-order valence-electron chi connectivity index (χ0n) is 19.8. The van der Waals surface area contributed by atoms with Crippen LogP contribution in [0, 0.1) is 18.8 Å². The Kier molecular flexibility index (Phi) is 4.95. The molecule has 0 aromatic heterocycles. The number of fused-ring (bicyclic) bond motifs is 3. The van der Waals surface area contributed by atoms with Gasteiger partial charge in [0.15, 0.2) is 0 Å². The zero-order chi connectivity index (χ0) is 25.2. The van der Waals surface area contributed by atoms with Crippen LogP contribution in [0.25, 0.3) is 0 Å². The average molecular weight is 482 g/mol. The molecule has 36 heavy (non-hydrogen) atoms. The molecule has 0 unspecified atom stereocenters. The molecule has 7 nitrogen and oxygen atoms in total. The van der Waals surface area contributed by atoms with E-state index in [1.807, 2.05) is 26.0 Å². The number of amides is 2. The van der Waals surface area contributed by atoms with Crippen molar-refractivity contribution in [2.45, 2.75) is 25.6 Å². The Labute approximate surface area is 207 Å². The van der Waals surface area contributed by atoms with Gasteiger partial charge < -0.3 is 9.47 Å². The average Bonchev–Trinajstić information content (AvgIpc) is 3.45. The summed E-state index contributed by atoms with van der Waals surface area (Å²) in [5.41, 5.74) is 0.311. The van der Waals surface area contributed by atoms with E-state index < -0.39 is 46.9 Å². The van der Waals surface area contributed by atoms with Gasteiger partial charge in [0, 0.05) is 11.1 Å². The molecule has 2 amide bonds. The lowest BCUT2D eigenvalue weighted by atomic mass is 9.77. The largest absolute Gasteiger partial charge is 0.494 e. The SMILES string of the molecule is CCOc1ccc([C@H]2OC3(C(=O)c4ccccc4C3=O)[C@@H]3C(=O)N(c4ccc(C)cc4)C(=O)[C@@H]23)cc1.